The molecule has 1 saturated carbocycles. The fourth-order valence-electron chi connectivity index (χ4n) is 7.75. The zero-order valence-corrected chi connectivity index (χ0v) is 30.0. The number of halogens is 2. The van der Waals surface area contributed by atoms with Crippen molar-refractivity contribution in [1.29, 1.82) is 5.26 Å². The van der Waals surface area contributed by atoms with E-state index in [0.717, 1.165) is 31.9 Å². The molecule has 15 heteroatoms. The Morgan fingerprint density at radius 3 is 2.47 bits per heavy atom. The lowest BCUT2D eigenvalue weighted by atomic mass is 9.77. The average Bonchev–Trinajstić information content (AvgIpc) is 3.62. The first-order valence-electron chi connectivity index (χ1n) is 17.0. The fourth-order valence-corrected chi connectivity index (χ4v) is 9.90. The fraction of sp³-hybridized carbons (Fsp3) is 0.417. The van der Waals surface area contributed by atoms with Crippen molar-refractivity contribution in [1.82, 2.24) is 19.5 Å². The standard InChI is InChI=1S/C36H38Cl2N6O6S/c37-28-20-40-21-29(38)33(28)34(45)42-25-12-10-22(11-13-25)16-32(36(47)48)44(51(49,50)27-8-3-5-23(15-27)18-39)35(46)30-17-26(19-41-30)43-14-4-7-24-6-1-2-9-31(24)43/h3,5,8,10-13,15,20-21,24,26,30-32,41H,1-2,4,6-7,9,14,16-17,19H2,(H,42,45)(H,47,48)/t24?,26-,30+,31?,32+/m1/s1. The number of carboxylic acid groups (broad SMARTS) is 1. The van der Waals surface area contributed by atoms with Crippen LogP contribution in [0.25, 0.3) is 0 Å². The van der Waals surface area contributed by atoms with Crippen molar-refractivity contribution >= 4 is 56.7 Å². The third-order valence-electron chi connectivity index (χ3n) is 10.2. The summed E-state index contributed by atoms with van der Waals surface area (Å²) < 4.78 is 29.1. The third kappa shape index (κ3) is 7.90. The van der Waals surface area contributed by atoms with Crippen LogP contribution in [0.1, 0.15) is 66.4 Å². The van der Waals surface area contributed by atoms with Crippen molar-refractivity contribution in [2.24, 2.45) is 5.92 Å². The van der Waals surface area contributed by atoms with Gasteiger partial charge in [0.2, 0.25) is 0 Å². The van der Waals surface area contributed by atoms with E-state index in [1.165, 1.54) is 74.1 Å². The number of likely N-dealkylation sites (tertiary alicyclic amines) is 1. The number of anilines is 1. The van der Waals surface area contributed by atoms with Gasteiger partial charge in [0, 0.05) is 43.1 Å². The summed E-state index contributed by atoms with van der Waals surface area (Å²) in [4.78, 5) is 46.2. The molecule has 2 amide bonds. The number of hydrogen-bond acceptors (Lipinski definition) is 9. The molecule has 0 radical (unpaired) electrons. The Balaban J connectivity index is 1.26. The first-order chi connectivity index (χ1) is 24.5. The topological polar surface area (TPSA) is 173 Å². The second kappa shape index (κ2) is 15.7. The normalized spacial score (nSPS) is 22.7. The molecule has 3 N–H and O–H groups in total. The molecule has 0 spiro atoms. The van der Waals surface area contributed by atoms with E-state index < -0.39 is 39.9 Å². The Morgan fingerprint density at radius 2 is 1.76 bits per heavy atom. The van der Waals surface area contributed by atoms with Gasteiger partial charge in [0.1, 0.15) is 6.04 Å². The summed E-state index contributed by atoms with van der Waals surface area (Å²) in [6.45, 7) is 1.40. The number of carboxylic acids is 1. The van der Waals surface area contributed by atoms with Crippen molar-refractivity contribution in [2.75, 3.05) is 18.4 Å². The van der Waals surface area contributed by atoms with E-state index in [2.05, 4.69) is 20.5 Å². The monoisotopic (exact) mass is 752 g/mol. The summed E-state index contributed by atoms with van der Waals surface area (Å²) in [5.74, 6) is -2.34. The van der Waals surface area contributed by atoms with Crippen molar-refractivity contribution < 1.29 is 27.9 Å². The Kier molecular flexibility index (Phi) is 11.3. The van der Waals surface area contributed by atoms with Gasteiger partial charge in [-0.1, -0.05) is 54.2 Å². The number of nitrogens with one attached hydrogen (secondary N) is 2. The van der Waals surface area contributed by atoms with Crippen LogP contribution < -0.4 is 10.6 Å². The van der Waals surface area contributed by atoms with Gasteiger partial charge in [0.15, 0.2) is 0 Å². The lowest BCUT2D eigenvalue weighted by Gasteiger charge is -2.46. The molecule has 268 valence electrons. The molecule has 51 heavy (non-hydrogen) atoms. The van der Waals surface area contributed by atoms with Crippen LogP contribution >= 0.6 is 23.2 Å². The zero-order valence-electron chi connectivity index (χ0n) is 27.7. The van der Waals surface area contributed by atoms with Gasteiger partial charge in [-0.3, -0.25) is 19.5 Å². The number of fused-ring (bicyclic) bond motifs is 1. The van der Waals surface area contributed by atoms with Crippen LogP contribution in [0, 0.1) is 17.2 Å². The molecule has 1 aliphatic carbocycles. The lowest BCUT2D eigenvalue weighted by molar-refractivity contribution is -0.146. The maximum absolute atomic E-state index is 14.4. The number of nitrogens with zero attached hydrogens (tertiary/aromatic N) is 4. The number of carbonyl (C=O) groups is 3. The van der Waals surface area contributed by atoms with Gasteiger partial charge in [-0.2, -0.15) is 5.26 Å². The molecule has 3 fully saturated rings. The summed E-state index contributed by atoms with van der Waals surface area (Å²) in [5.41, 5.74) is 0.818. The zero-order chi connectivity index (χ0) is 36.3. The van der Waals surface area contributed by atoms with E-state index in [1.807, 2.05) is 6.07 Å². The van der Waals surface area contributed by atoms with E-state index in [-0.39, 0.29) is 38.5 Å². The minimum absolute atomic E-state index is 0.0132. The van der Waals surface area contributed by atoms with Gasteiger partial charge in [0.25, 0.3) is 21.8 Å². The number of piperidine rings is 1. The number of rotatable bonds is 10. The van der Waals surface area contributed by atoms with E-state index in [0.29, 0.717) is 40.5 Å². The average molecular weight is 754 g/mol. The second-order valence-electron chi connectivity index (χ2n) is 13.3. The lowest BCUT2D eigenvalue weighted by Crippen LogP contribution is -2.54. The maximum atomic E-state index is 14.4. The number of amides is 2. The number of benzene rings is 2. The molecule has 12 nitrogen and oxygen atoms in total. The largest absolute Gasteiger partial charge is 0.480 e. The predicted octanol–water partition coefficient (Wildman–Crippen LogP) is 5.11. The maximum Gasteiger partial charge on any atom is 0.328 e. The van der Waals surface area contributed by atoms with Gasteiger partial charge >= 0.3 is 5.97 Å². The highest BCUT2D eigenvalue weighted by molar-refractivity contribution is 7.89. The molecular formula is C36H38Cl2N6O6S. The number of sulfonamides is 1. The predicted molar refractivity (Wildman–Crippen MR) is 191 cm³/mol. The van der Waals surface area contributed by atoms with Crippen LogP contribution in [-0.2, 0) is 26.0 Å². The number of aromatic nitrogens is 1. The molecule has 2 aliphatic heterocycles. The van der Waals surface area contributed by atoms with Crippen LogP contribution in [0.4, 0.5) is 5.69 Å². The smallest absolute Gasteiger partial charge is 0.328 e. The minimum atomic E-state index is -4.75. The van der Waals surface area contributed by atoms with Gasteiger partial charge in [0.05, 0.1) is 38.2 Å². The number of carbonyl (C=O) groups excluding carboxylic acids is 2. The number of hydrogen-bond donors (Lipinski definition) is 3. The molecule has 3 aromatic rings. The van der Waals surface area contributed by atoms with Crippen molar-refractivity contribution in [2.45, 2.75) is 80.4 Å². The van der Waals surface area contributed by atoms with Crippen LogP contribution in [0.5, 0.6) is 0 Å². The summed E-state index contributed by atoms with van der Waals surface area (Å²) in [7, 11) is -4.75. The van der Waals surface area contributed by atoms with Gasteiger partial charge in [-0.25, -0.2) is 17.5 Å². The minimum Gasteiger partial charge on any atom is -0.480 e. The van der Waals surface area contributed by atoms with E-state index >= 15 is 0 Å². The second-order valence-corrected chi connectivity index (χ2v) is 15.9. The molecule has 2 aromatic carbocycles. The number of nitriles is 1. The third-order valence-corrected chi connectivity index (χ3v) is 12.6. The first-order valence-corrected chi connectivity index (χ1v) is 19.2. The van der Waals surface area contributed by atoms with Gasteiger partial charge in [-0.15, -0.1) is 0 Å². The highest BCUT2D eigenvalue weighted by Gasteiger charge is 2.46. The summed E-state index contributed by atoms with van der Waals surface area (Å²) in [6, 6.07) is 10.9. The van der Waals surface area contributed by atoms with Crippen molar-refractivity contribution in [3.8, 4) is 6.07 Å². The van der Waals surface area contributed by atoms with E-state index in [4.69, 9.17) is 23.2 Å². The number of pyridine rings is 1. The van der Waals surface area contributed by atoms with Gasteiger partial charge in [-0.05, 0) is 80.5 Å². The molecule has 2 saturated heterocycles. The molecular weight excluding hydrogens is 715 g/mol. The molecule has 3 aliphatic rings. The van der Waals surface area contributed by atoms with E-state index in [1.54, 1.807) is 0 Å². The van der Waals surface area contributed by atoms with Crippen LogP contribution in [0.15, 0.2) is 65.8 Å². The van der Waals surface area contributed by atoms with E-state index in [9.17, 15) is 33.2 Å². The molecule has 0 bridgehead atoms. The van der Waals surface area contributed by atoms with Gasteiger partial charge < -0.3 is 15.7 Å². The van der Waals surface area contributed by atoms with Crippen LogP contribution in [0.3, 0.4) is 0 Å². The molecule has 1 aromatic heterocycles. The Morgan fingerprint density at radius 1 is 1.06 bits per heavy atom. The molecule has 2 unspecified atom stereocenters. The summed E-state index contributed by atoms with van der Waals surface area (Å²) >= 11 is 12.2. The quantitative estimate of drug-likeness (QED) is 0.253. The molecule has 3 heterocycles. The molecule has 5 atom stereocenters. The number of aliphatic carboxylic acids is 1. The Hall–Kier alpha value is -4.06. The van der Waals surface area contributed by atoms with Crippen LogP contribution in [-0.4, -0.2) is 82.8 Å². The van der Waals surface area contributed by atoms with Crippen LogP contribution in [0.2, 0.25) is 10.0 Å². The summed E-state index contributed by atoms with van der Waals surface area (Å²) in [5, 5.41) is 26.0. The highest BCUT2D eigenvalue weighted by atomic mass is 35.5. The highest BCUT2D eigenvalue weighted by Crippen LogP contribution is 2.38. The van der Waals surface area contributed by atoms with Crippen molar-refractivity contribution in [3.63, 3.8) is 0 Å². The Bertz CT molecular complexity index is 1930. The molecule has 6 rings (SSSR count). The summed E-state index contributed by atoms with van der Waals surface area (Å²) in [6.07, 6.45) is 9.50. The first kappa shape index (κ1) is 36.7. The SMILES string of the molecule is N#Cc1cccc(S(=O)(=O)N(C(=O)[C@@H]2C[C@@H](N3CCCC4CCCCC43)CN2)[C@@H](Cc2ccc(NC(=O)c3c(Cl)cncc3Cl)cc2)C(=O)O)c1. The Labute approximate surface area is 306 Å². The van der Waals surface area contributed by atoms with Crippen molar-refractivity contribution in [3.05, 3.63) is 87.7 Å².